The Morgan fingerprint density at radius 1 is 1.00 bits per heavy atom. The van der Waals surface area contributed by atoms with Gasteiger partial charge in [0, 0.05) is 31.3 Å². The van der Waals surface area contributed by atoms with Gasteiger partial charge in [-0.05, 0) is 69.6 Å². The van der Waals surface area contributed by atoms with Gasteiger partial charge in [-0.2, -0.15) is 8.42 Å². The molecule has 0 radical (unpaired) electrons. The van der Waals surface area contributed by atoms with E-state index in [9.17, 15) is 43.2 Å². The van der Waals surface area contributed by atoms with E-state index in [1.54, 1.807) is 51.3 Å². The number of anilines is 1. The summed E-state index contributed by atoms with van der Waals surface area (Å²) in [7, 11) is 2.77. The summed E-state index contributed by atoms with van der Waals surface area (Å²) < 4.78 is 29.6. The third-order valence-electron chi connectivity index (χ3n) is 8.38. The van der Waals surface area contributed by atoms with E-state index in [-0.39, 0.29) is 34.6 Å². The number of aromatic hydroxyl groups is 1. The molecule has 7 N–H and O–H groups in total. The van der Waals surface area contributed by atoms with Crippen LogP contribution in [0.2, 0.25) is 0 Å². The number of benzene rings is 2. The fourth-order valence-corrected chi connectivity index (χ4v) is 6.84. The second kappa shape index (κ2) is 11.4. The average Bonchev–Trinajstić information content (AvgIpc) is 2.90. The molecule has 14 heteroatoms. The summed E-state index contributed by atoms with van der Waals surface area (Å²) in [6, 6.07) is 8.05. The minimum absolute atomic E-state index is 0.00184. The Morgan fingerprint density at radius 2 is 1.59 bits per heavy atom. The number of ketones is 2. The number of nitrogens with zero attached hydrogens (tertiary/aromatic N) is 2. The summed E-state index contributed by atoms with van der Waals surface area (Å²) in [5.41, 5.74) is 3.98. The number of amides is 1. The maximum absolute atomic E-state index is 13.5. The zero-order chi connectivity index (χ0) is 33.0. The average molecular weight is 630 g/mol. The molecule has 44 heavy (non-hydrogen) atoms. The molecule has 3 aliphatic carbocycles. The molecule has 0 bridgehead atoms. The zero-order valence-corrected chi connectivity index (χ0v) is 25.6. The highest BCUT2D eigenvalue weighted by atomic mass is 32.2. The fraction of sp³-hybridized carbons (Fsp3) is 0.367. The number of primary amides is 1. The molecule has 236 valence electrons. The van der Waals surface area contributed by atoms with Gasteiger partial charge in [-0.3, -0.25) is 23.8 Å². The number of rotatable bonds is 4. The topological polar surface area (TPSA) is 219 Å². The molecule has 13 nitrogen and oxygen atoms in total. The van der Waals surface area contributed by atoms with Crippen LogP contribution in [-0.2, 0) is 26.1 Å². The van der Waals surface area contributed by atoms with Gasteiger partial charge in [0.1, 0.15) is 22.8 Å². The van der Waals surface area contributed by atoms with Crippen molar-refractivity contribution < 1.29 is 47.8 Å². The van der Waals surface area contributed by atoms with Gasteiger partial charge < -0.3 is 31.1 Å². The number of nitrogens with two attached hydrogens (primary N) is 1. The number of hydrogen-bond acceptors (Lipinski definition) is 11. The predicted molar refractivity (Wildman–Crippen MR) is 159 cm³/mol. The number of hydrogen-bond donors (Lipinski definition) is 6. The van der Waals surface area contributed by atoms with Crippen molar-refractivity contribution in [3.05, 3.63) is 75.8 Å². The zero-order valence-electron chi connectivity index (χ0n) is 24.8. The molecule has 0 saturated heterocycles. The van der Waals surface area contributed by atoms with E-state index in [4.69, 9.17) is 10.3 Å². The van der Waals surface area contributed by atoms with Crippen molar-refractivity contribution in [2.75, 3.05) is 33.1 Å². The van der Waals surface area contributed by atoms with E-state index in [2.05, 4.69) is 0 Å². The molecule has 1 amide bonds. The molecule has 0 aromatic heterocycles. The summed E-state index contributed by atoms with van der Waals surface area (Å²) in [5.74, 6) is -6.53. The standard InChI is InChI=1S/C23H27N3O7.C7H8O3S/c1-25(2)12-5-6-13(27)15-10(12)7-9-8-11-17(26(3)4)19(29)16(22(24)32)21(31)23(11,33)20(30)14(9)18(15)28;1-6-2-4-7(5-3-6)11(8,9)10/h5-6,9,11,17,27,29-30,33H,7-8H2,1-4H3,(H2,24,32);2-5H,1H3,(H,8,9,10)/t9-,11-,17-,23-;/m0./s1. The maximum atomic E-state index is 13.5. The van der Waals surface area contributed by atoms with E-state index in [0.29, 0.717) is 5.56 Å². The molecule has 0 aliphatic heterocycles. The lowest BCUT2D eigenvalue weighted by Gasteiger charge is -2.50. The first kappa shape index (κ1) is 32.7. The number of carbonyl (C=O) groups is 3. The highest BCUT2D eigenvalue weighted by molar-refractivity contribution is 7.85. The summed E-state index contributed by atoms with van der Waals surface area (Å²) >= 11 is 0. The molecule has 0 saturated carbocycles. The van der Waals surface area contributed by atoms with Crippen LogP contribution in [0.1, 0.15) is 27.9 Å². The number of aryl methyl sites for hydroxylation is 1. The molecule has 0 fully saturated rings. The van der Waals surface area contributed by atoms with Crippen molar-refractivity contribution in [2.24, 2.45) is 17.6 Å². The molecule has 0 unspecified atom stereocenters. The summed E-state index contributed by atoms with van der Waals surface area (Å²) in [6.07, 6.45) is 0.324. The first-order chi connectivity index (χ1) is 20.3. The first-order valence-electron chi connectivity index (χ1n) is 13.5. The van der Waals surface area contributed by atoms with E-state index in [1.165, 1.54) is 23.1 Å². The van der Waals surface area contributed by atoms with Gasteiger partial charge in [0.25, 0.3) is 16.0 Å². The lowest BCUT2D eigenvalue weighted by atomic mass is 9.58. The minimum Gasteiger partial charge on any atom is -0.510 e. The second-order valence-corrected chi connectivity index (χ2v) is 13.0. The van der Waals surface area contributed by atoms with Crippen molar-refractivity contribution >= 4 is 33.3 Å². The quantitative estimate of drug-likeness (QED) is 0.209. The molecular weight excluding hydrogens is 594 g/mol. The molecule has 0 heterocycles. The number of carbonyl (C=O) groups excluding carboxylic acids is 3. The molecule has 2 aromatic carbocycles. The number of Topliss-reactive ketones (excluding diaryl/α,β-unsaturated/α-hetero) is 2. The fourth-order valence-electron chi connectivity index (χ4n) is 6.36. The van der Waals surface area contributed by atoms with Gasteiger partial charge in [-0.25, -0.2) is 0 Å². The smallest absolute Gasteiger partial charge is 0.294 e. The Balaban J connectivity index is 0.000000339. The second-order valence-electron chi connectivity index (χ2n) is 11.6. The molecule has 4 atom stereocenters. The minimum atomic E-state index is -4.02. The Kier molecular flexibility index (Phi) is 8.43. The van der Waals surface area contributed by atoms with Crippen LogP contribution in [0, 0.1) is 18.8 Å². The lowest BCUT2D eigenvalue weighted by Crippen LogP contribution is -2.63. The summed E-state index contributed by atoms with van der Waals surface area (Å²) in [4.78, 5) is 41.9. The number of allylic oxidation sites excluding steroid dienone is 1. The van der Waals surface area contributed by atoms with E-state index in [1.807, 2.05) is 6.92 Å². The number of likely N-dealkylation sites (N-methyl/N-ethyl adjacent to an activating group) is 1. The Hall–Kier alpha value is -4.24. The third-order valence-corrected chi connectivity index (χ3v) is 9.25. The predicted octanol–water partition coefficient (Wildman–Crippen LogP) is 1.43. The van der Waals surface area contributed by atoms with Gasteiger partial charge in [0.2, 0.25) is 5.78 Å². The van der Waals surface area contributed by atoms with E-state index < -0.39 is 68.2 Å². The van der Waals surface area contributed by atoms with Crippen LogP contribution >= 0.6 is 0 Å². The molecule has 0 spiro atoms. The third kappa shape index (κ3) is 5.23. The van der Waals surface area contributed by atoms with Crippen LogP contribution in [0.25, 0.3) is 0 Å². The normalized spacial score (nSPS) is 24.7. The van der Waals surface area contributed by atoms with Gasteiger partial charge in [-0.1, -0.05) is 17.7 Å². The van der Waals surface area contributed by atoms with Crippen LogP contribution in [0.5, 0.6) is 5.75 Å². The van der Waals surface area contributed by atoms with E-state index in [0.717, 1.165) is 11.3 Å². The lowest BCUT2D eigenvalue weighted by molar-refractivity contribution is -0.148. The van der Waals surface area contributed by atoms with Gasteiger partial charge in [0.15, 0.2) is 11.4 Å². The SMILES string of the molecule is CN(C)c1ccc(O)c2c1C[C@H]1C[C@H]3[C@H](N(C)C)C(O)=C(C(N)=O)C(=O)[C@@]3(O)C(O)=C1C2=O.Cc1ccc(S(=O)(=O)O)cc1. The number of aliphatic hydroxyl groups excluding tert-OH is 2. The molecule has 5 rings (SSSR count). The van der Waals surface area contributed by atoms with Crippen LogP contribution in [0.3, 0.4) is 0 Å². The van der Waals surface area contributed by atoms with E-state index >= 15 is 0 Å². The Bertz CT molecular complexity index is 1730. The van der Waals surface area contributed by atoms with Crippen molar-refractivity contribution in [3.8, 4) is 5.75 Å². The molecule has 3 aliphatic rings. The highest BCUT2D eigenvalue weighted by Gasteiger charge is 2.63. The van der Waals surface area contributed by atoms with Crippen LogP contribution in [0.4, 0.5) is 5.69 Å². The van der Waals surface area contributed by atoms with Crippen LogP contribution < -0.4 is 10.6 Å². The van der Waals surface area contributed by atoms with Crippen molar-refractivity contribution in [1.29, 1.82) is 0 Å². The number of fused-ring (bicyclic) bond motifs is 3. The molecule has 2 aromatic rings. The number of phenolic OH excluding ortho intramolecular Hbond substituents is 1. The van der Waals surface area contributed by atoms with Gasteiger partial charge in [0.05, 0.1) is 16.5 Å². The maximum Gasteiger partial charge on any atom is 0.294 e. The van der Waals surface area contributed by atoms with Gasteiger partial charge in [-0.15, -0.1) is 0 Å². The largest absolute Gasteiger partial charge is 0.510 e. The van der Waals surface area contributed by atoms with Crippen molar-refractivity contribution in [1.82, 2.24) is 4.90 Å². The summed E-state index contributed by atoms with van der Waals surface area (Å²) in [5, 5.41) is 43.9. The first-order valence-corrected chi connectivity index (χ1v) is 15.0. The van der Waals surface area contributed by atoms with Crippen LogP contribution in [0.15, 0.2) is 64.0 Å². The number of aliphatic hydroxyl groups is 3. The number of phenols is 1. The Morgan fingerprint density at radius 3 is 2.09 bits per heavy atom. The van der Waals surface area contributed by atoms with Crippen molar-refractivity contribution in [2.45, 2.75) is 36.3 Å². The summed E-state index contributed by atoms with van der Waals surface area (Å²) in [6.45, 7) is 1.84. The van der Waals surface area contributed by atoms with Crippen molar-refractivity contribution in [3.63, 3.8) is 0 Å². The Labute approximate surface area is 254 Å². The highest BCUT2D eigenvalue weighted by Crippen LogP contribution is 2.53. The van der Waals surface area contributed by atoms with Gasteiger partial charge >= 0.3 is 0 Å². The van der Waals surface area contributed by atoms with Crippen LogP contribution in [-0.4, -0.2) is 95.6 Å². The monoisotopic (exact) mass is 629 g/mol. The molecular formula is C30H35N3O10S.